The SMILES string of the molecule is CCCCCCCCCCCCCCCCCCNC(=O)[C@H](CCCN=C(N)N)NC(=O)CCCCCCCCCCC. The second-order valence-corrected chi connectivity index (χ2v) is 12.7. The van der Waals surface area contributed by atoms with E-state index in [1.54, 1.807) is 0 Å². The number of nitrogens with zero attached hydrogens (tertiary/aromatic N) is 1. The molecule has 0 unspecified atom stereocenters. The van der Waals surface area contributed by atoms with Crippen molar-refractivity contribution in [2.45, 2.75) is 200 Å². The Hall–Kier alpha value is -1.79. The quantitative estimate of drug-likeness (QED) is 0.0338. The maximum atomic E-state index is 12.9. The summed E-state index contributed by atoms with van der Waals surface area (Å²) in [5, 5.41) is 6.03. The van der Waals surface area contributed by atoms with Crippen LogP contribution < -0.4 is 22.1 Å². The molecule has 0 saturated carbocycles. The normalized spacial score (nSPS) is 11.8. The standard InChI is InChI=1S/C36H73N5O2/c1-3-5-7-9-11-13-14-15-16-17-18-19-21-23-25-27-31-39-35(43)33(29-28-32-40-36(37)38)41-34(42)30-26-24-22-20-12-10-8-6-4-2/h33H,3-32H2,1-2H3,(H,39,43)(H,41,42)(H4,37,38,40)/t33-/m0/s1. The maximum absolute atomic E-state index is 12.9. The molecule has 7 nitrogen and oxygen atoms in total. The smallest absolute Gasteiger partial charge is 0.242 e. The van der Waals surface area contributed by atoms with E-state index in [-0.39, 0.29) is 17.8 Å². The lowest BCUT2D eigenvalue weighted by Crippen LogP contribution is -2.47. The number of nitrogens with two attached hydrogens (primary N) is 2. The predicted molar refractivity (Wildman–Crippen MR) is 186 cm³/mol. The minimum absolute atomic E-state index is 0.0349. The van der Waals surface area contributed by atoms with Crippen LogP contribution in [-0.4, -0.2) is 36.9 Å². The van der Waals surface area contributed by atoms with Crippen molar-refractivity contribution >= 4 is 17.8 Å². The van der Waals surface area contributed by atoms with Gasteiger partial charge in [-0.25, -0.2) is 0 Å². The lowest BCUT2D eigenvalue weighted by molar-refractivity contribution is -0.129. The van der Waals surface area contributed by atoms with Crippen LogP contribution in [-0.2, 0) is 9.59 Å². The number of nitrogens with one attached hydrogen (secondary N) is 2. The summed E-state index contributed by atoms with van der Waals surface area (Å²) in [5.41, 5.74) is 10.9. The molecule has 6 N–H and O–H groups in total. The van der Waals surface area contributed by atoms with Gasteiger partial charge in [0.2, 0.25) is 11.8 Å². The zero-order chi connectivity index (χ0) is 31.6. The molecule has 0 aliphatic carbocycles. The average molecular weight is 608 g/mol. The molecule has 0 fully saturated rings. The van der Waals surface area contributed by atoms with E-state index in [1.807, 2.05) is 0 Å². The Kier molecular flexibility index (Phi) is 31.7. The van der Waals surface area contributed by atoms with Gasteiger partial charge in [-0.15, -0.1) is 0 Å². The van der Waals surface area contributed by atoms with Gasteiger partial charge in [-0.2, -0.15) is 0 Å². The topological polar surface area (TPSA) is 123 Å². The van der Waals surface area contributed by atoms with Crippen LogP contribution in [0.15, 0.2) is 4.99 Å². The van der Waals surface area contributed by atoms with Crippen molar-refractivity contribution in [2.24, 2.45) is 16.5 Å². The van der Waals surface area contributed by atoms with Gasteiger partial charge in [0, 0.05) is 19.5 Å². The molecule has 0 aromatic carbocycles. The molecule has 0 aliphatic rings. The summed E-state index contributed by atoms with van der Waals surface area (Å²) in [6, 6.07) is -0.527. The van der Waals surface area contributed by atoms with E-state index < -0.39 is 6.04 Å². The van der Waals surface area contributed by atoms with E-state index in [2.05, 4.69) is 29.5 Å². The fraction of sp³-hybridized carbons (Fsp3) is 0.917. The highest BCUT2D eigenvalue weighted by Crippen LogP contribution is 2.14. The van der Waals surface area contributed by atoms with Crippen LogP contribution in [0.5, 0.6) is 0 Å². The minimum atomic E-state index is -0.527. The molecule has 0 spiro atoms. The number of hydrogen-bond donors (Lipinski definition) is 4. The van der Waals surface area contributed by atoms with Gasteiger partial charge in [-0.1, -0.05) is 162 Å². The van der Waals surface area contributed by atoms with Crippen LogP contribution >= 0.6 is 0 Å². The third kappa shape index (κ3) is 31.4. The summed E-state index contributed by atoms with van der Waals surface area (Å²) in [4.78, 5) is 29.5. The first-order valence-corrected chi connectivity index (χ1v) is 18.6. The lowest BCUT2D eigenvalue weighted by Gasteiger charge is -2.18. The fourth-order valence-electron chi connectivity index (χ4n) is 5.64. The first-order chi connectivity index (χ1) is 21.0. The van der Waals surface area contributed by atoms with Gasteiger partial charge in [0.25, 0.3) is 0 Å². The van der Waals surface area contributed by atoms with Crippen molar-refractivity contribution in [3.63, 3.8) is 0 Å². The number of amides is 2. The van der Waals surface area contributed by atoms with Crippen LogP contribution in [0.1, 0.15) is 194 Å². The molecule has 0 aliphatic heterocycles. The van der Waals surface area contributed by atoms with E-state index in [9.17, 15) is 9.59 Å². The molecule has 0 bridgehead atoms. The zero-order valence-corrected chi connectivity index (χ0v) is 28.7. The van der Waals surface area contributed by atoms with Gasteiger partial charge in [0.1, 0.15) is 6.04 Å². The van der Waals surface area contributed by atoms with Crippen molar-refractivity contribution < 1.29 is 9.59 Å². The number of unbranched alkanes of at least 4 members (excludes halogenated alkanes) is 23. The highest BCUT2D eigenvalue weighted by Gasteiger charge is 2.19. The number of hydrogen-bond acceptors (Lipinski definition) is 3. The van der Waals surface area contributed by atoms with Gasteiger partial charge in [-0.05, 0) is 25.7 Å². The summed E-state index contributed by atoms with van der Waals surface area (Å²) in [7, 11) is 0. The number of carbonyl (C=O) groups excluding carboxylic acids is 2. The average Bonchev–Trinajstić information content (AvgIpc) is 2.99. The molecule has 0 radical (unpaired) electrons. The molecule has 43 heavy (non-hydrogen) atoms. The predicted octanol–water partition coefficient (Wildman–Crippen LogP) is 8.82. The van der Waals surface area contributed by atoms with E-state index in [0.717, 1.165) is 25.7 Å². The molecular weight excluding hydrogens is 534 g/mol. The van der Waals surface area contributed by atoms with Crippen molar-refractivity contribution in [3.8, 4) is 0 Å². The molecule has 254 valence electrons. The monoisotopic (exact) mass is 608 g/mol. The Bertz CT molecular complexity index is 652. The summed E-state index contributed by atoms with van der Waals surface area (Å²) in [6.45, 7) is 5.64. The van der Waals surface area contributed by atoms with Gasteiger partial charge in [0.05, 0.1) is 0 Å². The Balaban J connectivity index is 3.97. The third-order valence-electron chi connectivity index (χ3n) is 8.43. The molecule has 0 aromatic rings. The summed E-state index contributed by atoms with van der Waals surface area (Å²) in [6.07, 6.45) is 33.9. The van der Waals surface area contributed by atoms with Crippen molar-refractivity contribution in [1.82, 2.24) is 10.6 Å². The van der Waals surface area contributed by atoms with Crippen LogP contribution in [0, 0.1) is 0 Å². The number of aliphatic imine (C=N–C) groups is 1. The van der Waals surface area contributed by atoms with Crippen molar-refractivity contribution in [1.29, 1.82) is 0 Å². The first kappa shape index (κ1) is 41.2. The first-order valence-electron chi connectivity index (χ1n) is 18.6. The van der Waals surface area contributed by atoms with Gasteiger partial charge in [-0.3, -0.25) is 14.6 Å². The molecule has 0 saturated heterocycles. The molecule has 1 atom stereocenters. The van der Waals surface area contributed by atoms with Crippen LogP contribution in [0.3, 0.4) is 0 Å². The number of guanidine groups is 1. The van der Waals surface area contributed by atoms with Crippen LogP contribution in [0.2, 0.25) is 0 Å². The largest absolute Gasteiger partial charge is 0.370 e. The molecular formula is C36H73N5O2. The third-order valence-corrected chi connectivity index (χ3v) is 8.43. The molecule has 0 rings (SSSR count). The maximum Gasteiger partial charge on any atom is 0.242 e. The van der Waals surface area contributed by atoms with Crippen LogP contribution in [0.25, 0.3) is 0 Å². The molecule has 2 amide bonds. The highest BCUT2D eigenvalue weighted by atomic mass is 16.2. The molecule has 0 aromatic heterocycles. The zero-order valence-electron chi connectivity index (χ0n) is 28.7. The van der Waals surface area contributed by atoms with Gasteiger partial charge >= 0.3 is 0 Å². The number of rotatable bonds is 33. The molecule has 0 heterocycles. The Morgan fingerprint density at radius 2 is 0.953 bits per heavy atom. The van der Waals surface area contributed by atoms with Crippen LogP contribution in [0.4, 0.5) is 0 Å². The Labute approximate surface area is 267 Å². The molecule has 7 heteroatoms. The van der Waals surface area contributed by atoms with E-state index in [1.165, 1.54) is 135 Å². The van der Waals surface area contributed by atoms with E-state index in [4.69, 9.17) is 11.5 Å². The highest BCUT2D eigenvalue weighted by molar-refractivity contribution is 5.87. The Morgan fingerprint density at radius 1 is 0.558 bits per heavy atom. The second kappa shape index (κ2) is 33.1. The summed E-state index contributed by atoms with van der Waals surface area (Å²) >= 11 is 0. The summed E-state index contributed by atoms with van der Waals surface area (Å²) < 4.78 is 0. The second-order valence-electron chi connectivity index (χ2n) is 12.7. The van der Waals surface area contributed by atoms with Gasteiger partial charge < -0.3 is 22.1 Å². The lowest BCUT2D eigenvalue weighted by atomic mass is 10.0. The van der Waals surface area contributed by atoms with E-state index in [0.29, 0.717) is 32.4 Å². The number of carbonyl (C=O) groups is 2. The van der Waals surface area contributed by atoms with Crippen molar-refractivity contribution in [3.05, 3.63) is 0 Å². The summed E-state index contributed by atoms with van der Waals surface area (Å²) in [5.74, 6) is -0.0719. The fourth-order valence-corrected chi connectivity index (χ4v) is 5.64. The Morgan fingerprint density at radius 3 is 1.37 bits per heavy atom. The van der Waals surface area contributed by atoms with Crippen molar-refractivity contribution in [2.75, 3.05) is 13.1 Å². The van der Waals surface area contributed by atoms with Gasteiger partial charge in [0.15, 0.2) is 5.96 Å². The minimum Gasteiger partial charge on any atom is -0.370 e. The van der Waals surface area contributed by atoms with E-state index >= 15 is 0 Å².